The Hall–Kier alpha value is -3.98. The molecule has 1 saturated heterocycles. The van der Waals surface area contributed by atoms with Crippen molar-refractivity contribution in [1.29, 1.82) is 0 Å². The van der Waals surface area contributed by atoms with Crippen molar-refractivity contribution in [3.63, 3.8) is 0 Å². The third-order valence-electron chi connectivity index (χ3n) is 5.49. The highest BCUT2D eigenvalue weighted by molar-refractivity contribution is 8.18. The number of carbonyl (C=O) groups excluding carboxylic acids is 3. The molecule has 0 radical (unpaired) electrons. The van der Waals surface area contributed by atoms with Gasteiger partial charge < -0.3 is 19.7 Å². The number of hydrogen-bond donors (Lipinski definition) is 2. The van der Waals surface area contributed by atoms with Gasteiger partial charge in [-0.2, -0.15) is 0 Å². The highest BCUT2D eigenvalue weighted by Gasteiger charge is 2.36. The van der Waals surface area contributed by atoms with E-state index < -0.39 is 17.1 Å². The summed E-state index contributed by atoms with van der Waals surface area (Å²) in [6, 6.07) is 15.6. The number of ether oxygens (including phenoxy) is 1. The molecule has 4 rings (SSSR count). The van der Waals surface area contributed by atoms with Gasteiger partial charge in [-0.1, -0.05) is 0 Å². The smallest absolute Gasteiger partial charge is 0.294 e. The number of amides is 3. The number of benzene rings is 2. The zero-order valence-electron chi connectivity index (χ0n) is 19.6. The molecule has 0 unspecified atom stereocenters. The first-order valence-electron chi connectivity index (χ1n) is 11.0. The van der Waals surface area contributed by atoms with Gasteiger partial charge in [0.2, 0.25) is 5.91 Å². The lowest BCUT2D eigenvalue weighted by Crippen LogP contribution is -2.36. The number of aromatic nitrogens is 1. The van der Waals surface area contributed by atoms with E-state index >= 15 is 0 Å². The molecule has 8 nitrogen and oxygen atoms in total. The molecule has 1 aliphatic rings. The van der Waals surface area contributed by atoms with Crippen LogP contribution in [-0.2, 0) is 9.59 Å². The van der Waals surface area contributed by atoms with Gasteiger partial charge in [-0.15, -0.1) is 0 Å². The summed E-state index contributed by atoms with van der Waals surface area (Å²) in [6.07, 6.45) is 1.68. The Morgan fingerprint density at radius 2 is 1.77 bits per heavy atom. The quantitative estimate of drug-likeness (QED) is 0.457. The van der Waals surface area contributed by atoms with Gasteiger partial charge in [0.15, 0.2) is 0 Å². The minimum atomic E-state index is -0.503. The van der Waals surface area contributed by atoms with E-state index in [0.717, 1.165) is 39.3 Å². The SMILES string of the molecule is CCOc1ccc(NC(=O)CN2C(=O)S/C(=C\c3cc(C)n(-c4ccc(O)cc4)c3C)C2=O)cc1. The second kappa shape index (κ2) is 10.1. The summed E-state index contributed by atoms with van der Waals surface area (Å²) in [6.45, 7) is 5.91. The van der Waals surface area contributed by atoms with Crippen LogP contribution < -0.4 is 10.1 Å². The van der Waals surface area contributed by atoms with Crippen LogP contribution in [0.3, 0.4) is 0 Å². The van der Waals surface area contributed by atoms with Crippen molar-refractivity contribution in [3.05, 3.63) is 76.5 Å². The number of aryl methyl sites for hydroxylation is 1. The number of aromatic hydroxyl groups is 1. The van der Waals surface area contributed by atoms with Crippen LogP contribution in [0.4, 0.5) is 10.5 Å². The van der Waals surface area contributed by atoms with Crippen molar-refractivity contribution < 1.29 is 24.2 Å². The first-order chi connectivity index (χ1) is 16.8. The second-order valence-electron chi connectivity index (χ2n) is 7.95. The summed E-state index contributed by atoms with van der Waals surface area (Å²) in [4.78, 5) is 39.1. The van der Waals surface area contributed by atoms with Gasteiger partial charge in [-0.05, 0) is 98.8 Å². The van der Waals surface area contributed by atoms with Crippen LogP contribution in [0.5, 0.6) is 11.5 Å². The number of rotatable bonds is 7. The molecule has 3 aromatic rings. The monoisotopic (exact) mass is 491 g/mol. The Bertz CT molecular complexity index is 1310. The fourth-order valence-electron chi connectivity index (χ4n) is 3.86. The van der Waals surface area contributed by atoms with Crippen LogP contribution in [0.25, 0.3) is 11.8 Å². The molecule has 0 saturated carbocycles. The maximum absolute atomic E-state index is 12.9. The van der Waals surface area contributed by atoms with Crippen LogP contribution in [-0.4, -0.2) is 44.8 Å². The molecule has 2 N–H and O–H groups in total. The molecule has 1 aliphatic heterocycles. The summed E-state index contributed by atoms with van der Waals surface area (Å²) >= 11 is 0.814. The van der Waals surface area contributed by atoms with Gasteiger partial charge in [0.25, 0.3) is 11.1 Å². The molecule has 2 aromatic carbocycles. The molecule has 0 bridgehead atoms. The minimum Gasteiger partial charge on any atom is -0.508 e. The van der Waals surface area contributed by atoms with Crippen LogP contribution in [0.2, 0.25) is 0 Å². The molecule has 180 valence electrons. The summed E-state index contributed by atoms with van der Waals surface area (Å²) < 4.78 is 7.38. The largest absolute Gasteiger partial charge is 0.508 e. The predicted octanol–water partition coefficient (Wildman–Crippen LogP) is 4.87. The predicted molar refractivity (Wildman–Crippen MR) is 136 cm³/mol. The fourth-order valence-corrected chi connectivity index (χ4v) is 4.68. The average molecular weight is 492 g/mol. The number of phenols is 1. The number of nitrogens with zero attached hydrogens (tertiary/aromatic N) is 2. The first kappa shape index (κ1) is 24.2. The molecular formula is C26H25N3O5S. The second-order valence-corrected chi connectivity index (χ2v) is 8.94. The Balaban J connectivity index is 1.47. The van der Waals surface area contributed by atoms with E-state index in [1.54, 1.807) is 54.6 Å². The van der Waals surface area contributed by atoms with Gasteiger partial charge in [0.05, 0.1) is 11.5 Å². The van der Waals surface area contributed by atoms with Crippen LogP contribution in [0, 0.1) is 13.8 Å². The average Bonchev–Trinajstić information content (AvgIpc) is 3.25. The molecule has 2 heterocycles. The van der Waals surface area contributed by atoms with Crippen molar-refractivity contribution in [3.8, 4) is 17.2 Å². The van der Waals surface area contributed by atoms with E-state index in [9.17, 15) is 19.5 Å². The van der Waals surface area contributed by atoms with Crippen LogP contribution >= 0.6 is 11.8 Å². The van der Waals surface area contributed by atoms with Crippen molar-refractivity contribution in [2.24, 2.45) is 0 Å². The van der Waals surface area contributed by atoms with E-state index in [1.807, 2.05) is 31.4 Å². The highest BCUT2D eigenvalue weighted by atomic mass is 32.2. The Kier molecular flexibility index (Phi) is 6.97. The molecule has 35 heavy (non-hydrogen) atoms. The third kappa shape index (κ3) is 5.25. The molecule has 0 spiro atoms. The molecule has 0 aliphatic carbocycles. The Labute approximate surface area is 207 Å². The van der Waals surface area contributed by atoms with Crippen molar-refractivity contribution in [2.45, 2.75) is 20.8 Å². The standard InChI is InChI=1S/C26H25N3O5S/c1-4-34-22-11-5-19(6-12-22)27-24(31)15-28-25(32)23(35-26(28)33)14-18-13-16(2)29(17(18)3)20-7-9-21(30)10-8-20/h5-14,30H,4,15H2,1-3H3,(H,27,31)/b23-14-. The highest BCUT2D eigenvalue weighted by Crippen LogP contribution is 2.34. The van der Waals surface area contributed by atoms with Crippen molar-refractivity contribution in [1.82, 2.24) is 9.47 Å². The summed E-state index contributed by atoms with van der Waals surface area (Å²) in [5.41, 5.74) is 4.03. The van der Waals surface area contributed by atoms with Crippen molar-refractivity contribution >= 4 is 40.6 Å². The van der Waals surface area contributed by atoms with E-state index in [4.69, 9.17) is 4.74 Å². The lowest BCUT2D eigenvalue weighted by molar-refractivity contribution is -0.127. The third-order valence-corrected chi connectivity index (χ3v) is 6.40. The number of thioether (sulfide) groups is 1. The Morgan fingerprint density at radius 3 is 2.43 bits per heavy atom. The topological polar surface area (TPSA) is 101 Å². The van der Waals surface area contributed by atoms with Crippen LogP contribution in [0.1, 0.15) is 23.9 Å². The van der Waals surface area contributed by atoms with Gasteiger partial charge >= 0.3 is 0 Å². The number of nitrogens with one attached hydrogen (secondary N) is 1. The number of anilines is 1. The zero-order valence-corrected chi connectivity index (χ0v) is 20.4. The molecule has 9 heteroatoms. The van der Waals surface area contributed by atoms with E-state index in [-0.39, 0.29) is 17.2 Å². The summed E-state index contributed by atoms with van der Waals surface area (Å²) in [7, 11) is 0. The number of phenolic OH excluding ortho intramolecular Hbond substituents is 1. The molecule has 3 amide bonds. The van der Waals surface area contributed by atoms with Gasteiger partial charge in [0.1, 0.15) is 18.0 Å². The molecule has 0 atom stereocenters. The van der Waals surface area contributed by atoms with Gasteiger partial charge in [-0.3, -0.25) is 19.3 Å². The van der Waals surface area contributed by atoms with Gasteiger partial charge in [0, 0.05) is 22.8 Å². The normalized spacial score (nSPS) is 14.6. The van der Waals surface area contributed by atoms with E-state index in [1.165, 1.54) is 0 Å². The molecule has 1 fully saturated rings. The molecular weight excluding hydrogens is 466 g/mol. The lowest BCUT2D eigenvalue weighted by Gasteiger charge is -2.12. The van der Waals surface area contributed by atoms with Gasteiger partial charge in [-0.25, -0.2) is 0 Å². The minimum absolute atomic E-state index is 0.177. The maximum atomic E-state index is 12.9. The first-order valence-corrected chi connectivity index (χ1v) is 11.8. The molecule has 1 aromatic heterocycles. The summed E-state index contributed by atoms with van der Waals surface area (Å²) in [5.74, 6) is -0.109. The fraction of sp³-hybridized carbons (Fsp3) is 0.192. The number of hydrogen-bond acceptors (Lipinski definition) is 6. The van der Waals surface area contributed by atoms with Crippen LogP contribution in [0.15, 0.2) is 59.5 Å². The summed E-state index contributed by atoms with van der Waals surface area (Å²) in [5, 5.41) is 11.8. The van der Waals surface area contributed by atoms with E-state index in [0.29, 0.717) is 18.0 Å². The van der Waals surface area contributed by atoms with Crippen molar-refractivity contribution in [2.75, 3.05) is 18.5 Å². The van der Waals surface area contributed by atoms with E-state index in [2.05, 4.69) is 5.32 Å². The lowest BCUT2D eigenvalue weighted by atomic mass is 10.2. The zero-order chi connectivity index (χ0) is 25.1. The number of carbonyl (C=O) groups is 3. The maximum Gasteiger partial charge on any atom is 0.294 e. The Morgan fingerprint density at radius 1 is 1.09 bits per heavy atom. The number of imide groups is 1.